The third-order valence-corrected chi connectivity index (χ3v) is 6.38. The highest BCUT2D eigenvalue weighted by Crippen LogP contribution is 2.45. The number of hydrogen-bond donors (Lipinski definition) is 3. The first-order chi connectivity index (χ1) is 16.1. The van der Waals surface area contributed by atoms with Gasteiger partial charge in [0, 0.05) is 23.3 Å². The quantitative estimate of drug-likeness (QED) is 0.443. The highest BCUT2D eigenvalue weighted by Gasteiger charge is 2.36. The van der Waals surface area contributed by atoms with E-state index in [1.807, 2.05) is 48.5 Å². The first-order valence-electron chi connectivity index (χ1n) is 11.5. The zero-order chi connectivity index (χ0) is 22.8. The Morgan fingerprint density at radius 3 is 2.42 bits per heavy atom. The molecule has 0 aromatic heterocycles. The lowest BCUT2D eigenvalue weighted by Gasteiger charge is -2.30. The summed E-state index contributed by atoms with van der Waals surface area (Å²) in [5.41, 5.74) is 5.28. The summed E-state index contributed by atoms with van der Waals surface area (Å²) in [6.07, 6.45) is 2.11. The number of para-hydroxylation sites is 3. The van der Waals surface area contributed by atoms with Crippen molar-refractivity contribution in [1.82, 2.24) is 0 Å². The highest BCUT2D eigenvalue weighted by atomic mass is 16.5. The van der Waals surface area contributed by atoms with Crippen LogP contribution in [0.4, 0.5) is 11.4 Å². The second kappa shape index (κ2) is 9.02. The molecule has 3 aromatic carbocycles. The SMILES string of the molecule is CCCOc1ccc(C2CC(=O)C3=C(C2)Nc2ccccc2NC3c2ccccc2O)cc1. The minimum absolute atomic E-state index is 0.0826. The fourth-order valence-corrected chi connectivity index (χ4v) is 4.75. The normalized spacial score (nSPS) is 19.6. The van der Waals surface area contributed by atoms with E-state index in [4.69, 9.17) is 4.74 Å². The number of nitrogens with one attached hydrogen (secondary N) is 2. The van der Waals surface area contributed by atoms with Gasteiger partial charge in [0.15, 0.2) is 5.78 Å². The molecule has 0 saturated carbocycles. The number of rotatable bonds is 5. The third kappa shape index (κ3) is 4.19. The van der Waals surface area contributed by atoms with E-state index in [0.29, 0.717) is 24.2 Å². The first-order valence-corrected chi connectivity index (χ1v) is 11.5. The predicted octanol–water partition coefficient (Wildman–Crippen LogP) is 6.16. The summed E-state index contributed by atoms with van der Waals surface area (Å²) in [6.45, 7) is 2.78. The Morgan fingerprint density at radius 2 is 1.67 bits per heavy atom. The van der Waals surface area contributed by atoms with Crippen LogP contribution in [0.2, 0.25) is 0 Å². The maximum Gasteiger partial charge on any atom is 0.163 e. The Hall–Kier alpha value is -3.73. The fourth-order valence-electron chi connectivity index (χ4n) is 4.75. The van der Waals surface area contributed by atoms with Crippen molar-refractivity contribution in [2.45, 2.75) is 38.1 Å². The van der Waals surface area contributed by atoms with Crippen molar-refractivity contribution in [2.24, 2.45) is 0 Å². The lowest BCUT2D eigenvalue weighted by Crippen LogP contribution is -2.26. The van der Waals surface area contributed by atoms with Crippen molar-refractivity contribution in [1.29, 1.82) is 0 Å². The number of Topliss-reactive ketones (excluding diaryl/α,β-unsaturated/α-hetero) is 1. The molecule has 1 aliphatic heterocycles. The summed E-state index contributed by atoms with van der Waals surface area (Å²) in [6, 6.07) is 22.9. The minimum Gasteiger partial charge on any atom is -0.508 e. The topological polar surface area (TPSA) is 70.6 Å². The Morgan fingerprint density at radius 1 is 0.939 bits per heavy atom. The molecule has 33 heavy (non-hydrogen) atoms. The predicted molar refractivity (Wildman–Crippen MR) is 131 cm³/mol. The second-order valence-corrected chi connectivity index (χ2v) is 8.64. The largest absolute Gasteiger partial charge is 0.508 e. The van der Waals surface area contributed by atoms with E-state index in [-0.39, 0.29) is 17.5 Å². The van der Waals surface area contributed by atoms with Crippen LogP contribution in [0, 0.1) is 0 Å². The molecule has 1 heterocycles. The molecule has 2 aliphatic rings. The number of aromatic hydroxyl groups is 1. The zero-order valence-electron chi connectivity index (χ0n) is 18.7. The minimum atomic E-state index is -0.421. The average molecular weight is 441 g/mol. The van der Waals surface area contributed by atoms with Gasteiger partial charge in [-0.25, -0.2) is 0 Å². The molecule has 2 atom stereocenters. The van der Waals surface area contributed by atoms with Gasteiger partial charge in [0.05, 0.1) is 24.0 Å². The molecule has 168 valence electrons. The first kappa shape index (κ1) is 21.1. The maximum absolute atomic E-state index is 13.6. The maximum atomic E-state index is 13.6. The summed E-state index contributed by atoms with van der Waals surface area (Å²) in [5.74, 6) is 1.21. The van der Waals surface area contributed by atoms with Crippen LogP contribution in [0.15, 0.2) is 84.1 Å². The summed E-state index contributed by atoms with van der Waals surface area (Å²) in [7, 11) is 0. The lowest BCUT2D eigenvalue weighted by molar-refractivity contribution is -0.116. The summed E-state index contributed by atoms with van der Waals surface area (Å²) in [4.78, 5) is 13.6. The van der Waals surface area contributed by atoms with Gasteiger partial charge < -0.3 is 20.5 Å². The molecule has 5 nitrogen and oxygen atoms in total. The fraction of sp³-hybridized carbons (Fsp3) is 0.250. The monoisotopic (exact) mass is 440 g/mol. The van der Waals surface area contributed by atoms with Gasteiger partial charge in [0.25, 0.3) is 0 Å². The summed E-state index contributed by atoms with van der Waals surface area (Å²) < 4.78 is 5.71. The van der Waals surface area contributed by atoms with Gasteiger partial charge in [-0.1, -0.05) is 49.4 Å². The number of carbonyl (C=O) groups excluding carboxylic acids is 1. The van der Waals surface area contributed by atoms with Crippen LogP contribution in [0.25, 0.3) is 0 Å². The van der Waals surface area contributed by atoms with Gasteiger partial charge in [-0.3, -0.25) is 4.79 Å². The van der Waals surface area contributed by atoms with E-state index in [2.05, 4.69) is 29.7 Å². The van der Waals surface area contributed by atoms with E-state index in [1.54, 1.807) is 12.1 Å². The van der Waals surface area contributed by atoms with E-state index >= 15 is 0 Å². The van der Waals surface area contributed by atoms with Crippen molar-refractivity contribution >= 4 is 17.2 Å². The van der Waals surface area contributed by atoms with E-state index < -0.39 is 6.04 Å². The van der Waals surface area contributed by atoms with Crippen molar-refractivity contribution in [3.05, 3.63) is 95.2 Å². The number of anilines is 2. The Kier molecular flexibility index (Phi) is 5.78. The average Bonchev–Trinajstić information content (AvgIpc) is 3.00. The van der Waals surface area contributed by atoms with E-state index in [1.165, 1.54) is 0 Å². The number of ketones is 1. The van der Waals surface area contributed by atoms with Gasteiger partial charge >= 0.3 is 0 Å². The molecule has 1 aliphatic carbocycles. The summed E-state index contributed by atoms with van der Waals surface area (Å²) in [5, 5.41) is 17.6. The molecular formula is C28H28N2O3. The van der Waals surface area contributed by atoms with Crippen LogP contribution in [-0.4, -0.2) is 17.5 Å². The smallest absolute Gasteiger partial charge is 0.163 e. The molecule has 0 fully saturated rings. The van der Waals surface area contributed by atoms with Gasteiger partial charge in [-0.15, -0.1) is 0 Å². The van der Waals surface area contributed by atoms with Crippen LogP contribution in [0.5, 0.6) is 11.5 Å². The Labute approximate surface area is 194 Å². The molecule has 3 N–H and O–H groups in total. The number of carbonyl (C=O) groups is 1. The Balaban J connectivity index is 1.52. The molecule has 0 radical (unpaired) electrons. The highest BCUT2D eigenvalue weighted by molar-refractivity contribution is 6.01. The number of fused-ring (bicyclic) bond motifs is 1. The van der Waals surface area contributed by atoms with E-state index in [0.717, 1.165) is 41.2 Å². The summed E-state index contributed by atoms with van der Waals surface area (Å²) >= 11 is 0. The second-order valence-electron chi connectivity index (χ2n) is 8.64. The third-order valence-electron chi connectivity index (χ3n) is 6.38. The number of phenolic OH excluding ortho intramolecular Hbond substituents is 1. The molecular weight excluding hydrogens is 412 g/mol. The molecule has 0 spiro atoms. The molecule has 0 saturated heterocycles. The van der Waals surface area contributed by atoms with Crippen molar-refractivity contribution in [3.63, 3.8) is 0 Å². The number of allylic oxidation sites excluding steroid dienone is 1. The molecule has 0 amide bonds. The molecule has 0 bridgehead atoms. The number of hydrogen-bond acceptors (Lipinski definition) is 5. The van der Waals surface area contributed by atoms with Gasteiger partial charge in [-0.05, 0) is 54.7 Å². The van der Waals surface area contributed by atoms with Crippen LogP contribution in [0.1, 0.15) is 49.3 Å². The molecule has 5 rings (SSSR count). The van der Waals surface area contributed by atoms with Gasteiger partial charge in [-0.2, -0.15) is 0 Å². The van der Waals surface area contributed by atoms with Crippen LogP contribution in [0.3, 0.4) is 0 Å². The lowest BCUT2D eigenvalue weighted by atomic mass is 9.78. The number of phenols is 1. The van der Waals surface area contributed by atoms with Crippen molar-refractivity contribution < 1.29 is 14.6 Å². The number of benzene rings is 3. The van der Waals surface area contributed by atoms with E-state index in [9.17, 15) is 9.90 Å². The van der Waals surface area contributed by atoms with Crippen LogP contribution < -0.4 is 15.4 Å². The molecule has 2 unspecified atom stereocenters. The molecule has 5 heteroatoms. The van der Waals surface area contributed by atoms with Gasteiger partial charge in [0.1, 0.15) is 11.5 Å². The molecule has 3 aromatic rings. The standard InChI is InChI=1S/C28H28N2O3/c1-2-15-33-20-13-11-18(12-14-20)19-16-24-27(26(32)17-19)28(21-7-3-6-10-25(21)31)30-23-9-5-4-8-22(23)29-24/h3-14,19,28-31H,2,15-17H2,1H3. The Bertz CT molecular complexity index is 1200. The number of ether oxygens (including phenoxy) is 1. The van der Waals surface area contributed by atoms with Crippen molar-refractivity contribution in [2.75, 3.05) is 17.2 Å². The van der Waals surface area contributed by atoms with Crippen LogP contribution in [-0.2, 0) is 4.79 Å². The van der Waals surface area contributed by atoms with Gasteiger partial charge in [0.2, 0.25) is 0 Å². The zero-order valence-corrected chi connectivity index (χ0v) is 18.7. The van der Waals surface area contributed by atoms with Crippen LogP contribution >= 0.6 is 0 Å². The van der Waals surface area contributed by atoms with Crippen molar-refractivity contribution in [3.8, 4) is 11.5 Å².